The molecule has 2 heterocycles. The van der Waals surface area contributed by atoms with E-state index in [9.17, 15) is 18.4 Å². The zero-order chi connectivity index (χ0) is 28.8. The summed E-state index contributed by atoms with van der Waals surface area (Å²) in [7, 11) is 1.26. The van der Waals surface area contributed by atoms with Gasteiger partial charge in [-0.3, -0.25) is 14.5 Å². The molecule has 1 fully saturated rings. The lowest BCUT2D eigenvalue weighted by Gasteiger charge is -2.19. The number of nitrogens with zero attached hydrogens (tertiary/aromatic N) is 2. The van der Waals surface area contributed by atoms with Crippen molar-refractivity contribution in [3.8, 4) is 17.4 Å². The Hall–Kier alpha value is -4.39. The van der Waals surface area contributed by atoms with Gasteiger partial charge in [0.2, 0.25) is 11.8 Å². The molecule has 1 aromatic heterocycles. The molecule has 0 bridgehead atoms. The zero-order valence-electron chi connectivity index (χ0n) is 21.2. The summed E-state index contributed by atoms with van der Waals surface area (Å²) in [5.74, 6) is -5.04. The van der Waals surface area contributed by atoms with Crippen LogP contribution in [0.2, 0.25) is 0 Å². The molecule has 0 spiro atoms. The van der Waals surface area contributed by atoms with Gasteiger partial charge in [0.05, 0.1) is 19.6 Å². The Kier molecular flexibility index (Phi) is 9.04. The lowest BCUT2D eigenvalue weighted by Crippen LogP contribution is -2.36. The summed E-state index contributed by atoms with van der Waals surface area (Å²) in [5.41, 5.74) is -0.255. The van der Waals surface area contributed by atoms with Gasteiger partial charge in [-0.15, -0.1) is 0 Å². The molecule has 0 radical (unpaired) electrons. The molecule has 0 aliphatic carbocycles. The van der Waals surface area contributed by atoms with Gasteiger partial charge < -0.3 is 24.6 Å². The Morgan fingerprint density at radius 1 is 1.12 bits per heavy atom. The van der Waals surface area contributed by atoms with Gasteiger partial charge in [0.25, 0.3) is 5.91 Å². The van der Waals surface area contributed by atoms with Crippen LogP contribution in [0.15, 0.2) is 54.6 Å². The third kappa shape index (κ3) is 6.42. The second-order valence-corrected chi connectivity index (χ2v) is 8.69. The molecule has 1 aliphatic rings. The maximum Gasteiger partial charge on any atom is 0.387 e. The third-order valence-corrected chi connectivity index (χ3v) is 6.26. The normalized spacial score (nSPS) is 16.8. The van der Waals surface area contributed by atoms with Crippen molar-refractivity contribution in [2.45, 2.75) is 12.5 Å². The number of aliphatic hydroxyl groups excluding tert-OH is 1. The number of halogens is 4. The molecule has 1 unspecified atom stereocenters. The van der Waals surface area contributed by atoms with Crippen molar-refractivity contribution in [2.75, 3.05) is 38.3 Å². The number of hydrogen-bond donors (Lipinski definition) is 2. The Bertz CT molecular complexity index is 1340. The van der Waals surface area contributed by atoms with E-state index in [2.05, 4.69) is 15.0 Å². The van der Waals surface area contributed by atoms with E-state index >= 15 is 8.78 Å². The number of aliphatic hydroxyl groups is 1. The molecule has 1 saturated heterocycles. The van der Waals surface area contributed by atoms with E-state index in [0.29, 0.717) is 0 Å². The van der Waals surface area contributed by atoms with Gasteiger partial charge in [-0.05, 0) is 30.3 Å². The maximum atomic E-state index is 15.1. The Morgan fingerprint density at radius 3 is 2.45 bits per heavy atom. The fourth-order valence-electron chi connectivity index (χ4n) is 4.43. The summed E-state index contributed by atoms with van der Waals surface area (Å²) in [6, 6.07) is 11.5. The van der Waals surface area contributed by atoms with Crippen molar-refractivity contribution in [2.24, 2.45) is 5.92 Å². The fourth-order valence-corrected chi connectivity index (χ4v) is 4.43. The first-order valence-corrected chi connectivity index (χ1v) is 12.1. The van der Waals surface area contributed by atoms with E-state index in [1.165, 1.54) is 48.4 Å². The van der Waals surface area contributed by atoms with E-state index in [-0.39, 0.29) is 60.6 Å². The third-order valence-electron chi connectivity index (χ3n) is 6.26. The standard InChI is InChI=1S/C27H25F4N3O6/c1-38-17-11-20(28)24(21(29)12-17)19-14-34(22-3-2-4-23(33-22)39-10-9-35)26(37)18(19)13-32-25(36)15-5-7-16(8-6-15)40-27(30)31/h2-8,11-12,18-19,27,35H,9-10,13-14H2,1H3,(H,32,36)/t18?,19-/m1/s1. The number of methoxy groups -OCH3 is 1. The Morgan fingerprint density at radius 2 is 1.82 bits per heavy atom. The minimum absolute atomic E-state index is 0.0286. The maximum absolute atomic E-state index is 15.1. The number of benzene rings is 2. The number of anilines is 1. The topological polar surface area (TPSA) is 110 Å². The minimum Gasteiger partial charge on any atom is -0.497 e. The van der Waals surface area contributed by atoms with Crippen molar-refractivity contribution in [1.82, 2.24) is 10.3 Å². The number of rotatable bonds is 11. The van der Waals surface area contributed by atoms with Gasteiger partial charge in [-0.2, -0.15) is 13.8 Å². The second-order valence-electron chi connectivity index (χ2n) is 8.69. The number of hydrogen-bond acceptors (Lipinski definition) is 7. The van der Waals surface area contributed by atoms with Crippen LogP contribution in [-0.2, 0) is 4.79 Å². The summed E-state index contributed by atoms with van der Waals surface area (Å²) >= 11 is 0. The lowest BCUT2D eigenvalue weighted by atomic mass is 9.87. The van der Waals surface area contributed by atoms with Gasteiger partial charge in [-0.25, -0.2) is 8.78 Å². The smallest absolute Gasteiger partial charge is 0.387 e. The largest absolute Gasteiger partial charge is 0.497 e. The van der Waals surface area contributed by atoms with Gasteiger partial charge in [-0.1, -0.05) is 6.07 Å². The molecule has 40 heavy (non-hydrogen) atoms. The number of pyridine rings is 1. The summed E-state index contributed by atoms with van der Waals surface area (Å²) in [6.45, 7) is -3.76. The highest BCUT2D eigenvalue weighted by atomic mass is 19.3. The number of carbonyl (C=O) groups excluding carboxylic acids is 2. The molecule has 9 nitrogen and oxygen atoms in total. The van der Waals surface area contributed by atoms with Crippen LogP contribution >= 0.6 is 0 Å². The van der Waals surface area contributed by atoms with Crippen LogP contribution in [-0.4, -0.2) is 61.9 Å². The van der Waals surface area contributed by atoms with Gasteiger partial charge in [0.15, 0.2) is 0 Å². The van der Waals surface area contributed by atoms with Crippen LogP contribution in [0.25, 0.3) is 0 Å². The van der Waals surface area contributed by atoms with Crippen molar-refractivity contribution in [1.29, 1.82) is 0 Å². The fraction of sp³-hybridized carbons (Fsp3) is 0.296. The van der Waals surface area contributed by atoms with Crippen molar-refractivity contribution >= 4 is 17.6 Å². The predicted octanol–water partition coefficient (Wildman–Crippen LogP) is 3.52. The first-order valence-electron chi connectivity index (χ1n) is 12.1. The first-order chi connectivity index (χ1) is 19.2. The molecule has 13 heteroatoms. The lowest BCUT2D eigenvalue weighted by molar-refractivity contribution is -0.120. The molecule has 2 amide bonds. The molecule has 2 N–H and O–H groups in total. The van der Waals surface area contributed by atoms with Gasteiger partial charge >= 0.3 is 6.61 Å². The summed E-state index contributed by atoms with van der Waals surface area (Å²) in [5, 5.41) is 11.6. The van der Waals surface area contributed by atoms with E-state index in [4.69, 9.17) is 14.6 Å². The van der Waals surface area contributed by atoms with Crippen LogP contribution in [0.5, 0.6) is 17.4 Å². The van der Waals surface area contributed by atoms with Crippen molar-refractivity contribution < 1.29 is 46.5 Å². The SMILES string of the molecule is COc1cc(F)c([C@@H]2CN(c3cccc(OCCO)n3)C(=O)C2CNC(=O)c2ccc(OC(F)F)cc2)c(F)c1. The number of aromatic nitrogens is 1. The van der Waals surface area contributed by atoms with Crippen LogP contribution in [0.3, 0.4) is 0 Å². The molecule has 1 aliphatic heterocycles. The molecule has 212 valence electrons. The molecule has 3 aromatic rings. The quantitative estimate of drug-likeness (QED) is 0.344. The molecular weight excluding hydrogens is 538 g/mol. The molecular formula is C27H25F4N3O6. The van der Waals surface area contributed by atoms with Crippen LogP contribution in [0, 0.1) is 17.6 Å². The number of nitrogens with one attached hydrogen (secondary N) is 1. The van der Waals surface area contributed by atoms with Crippen molar-refractivity contribution in [3.05, 3.63) is 77.4 Å². The predicted molar refractivity (Wildman–Crippen MR) is 134 cm³/mol. The van der Waals surface area contributed by atoms with E-state index in [1.54, 1.807) is 6.07 Å². The van der Waals surface area contributed by atoms with Gasteiger partial charge in [0.1, 0.15) is 35.6 Å². The Balaban J connectivity index is 1.60. The average molecular weight is 564 g/mol. The van der Waals surface area contributed by atoms with Crippen LogP contribution in [0.4, 0.5) is 23.4 Å². The molecule has 0 saturated carbocycles. The molecule has 2 aromatic carbocycles. The summed E-state index contributed by atoms with van der Waals surface area (Å²) in [6.07, 6.45) is 0. The number of ether oxygens (including phenoxy) is 3. The van der Waals surface area contributed by atoms with Crippen LogP contribution in [0.1, 0.15) is 21.8 Å². The molecule has 4 rings (SSSR count). The zero-order valence-corrected chi connectivity index (χ0v) is 21.2. The van der Waals surface area contributed by atoms with Gasteiger partial charge in [0, 0.05) is 48.3 Å². The first kappa shape index (κ1) is 28.6. The van der Waals surface area contributed by atoms with E-state index in [0.717, 1.165) is 12.1 Å². The van der Waals surface area contributed by atoms with Crippen LogP contribution < -0.4 is 24.4 Å². The monoisotopic (exact) mass is 563 g/mol. The van der Waals surface area contributed by atoms with E-state index in [1.807, 2.05) is 0 Å². The minimum atomic E-state index is -3.02. The number of amides is 2. The number of carbonyl (C=O) groups is 2. The Labute approximate surface area is 226 Å². The van der Waals surface area contributed by atoms with Crippen molar-refractivity contribution in [3.63, 3.8) is 0 Å². The summed E-state index contributed by atoms with van der Waals surface area (Å²) < 4.78 is 69.5. The highest BCUT2D eigenvalue weighted by Crippen LogP contribution is 2.39. The highest BCUT2D eigenvalue weighted by molar-refractivity contribution is 5.99. The highest BCUT2D eigenvalue weighted by Gasteiger charge is 2.44. The summed E-state index contributed by atoms with van der Waals surface area (Å²) in [4.78, 5) is 31.8. The number of alkyl halides is 2. The second kappa shape index (κ2) is 12.6. The van der Waals surface area contributed by atoms with E-state index < -0.39 is 41.9 Å². The average Bonchev–Trinajstić information content (AvgIpc) is 3.25. The molecule has 2 atom stereocenters.